The number of nitrogens with two attached hydrogens (primary N) is 1. The lowest BCUT2D eigenvalue weighted by molar-refractivity contribution is 0.0533. The number of thiophene rings is 1. The lowest BCUT2D eigenvalue weighted by atomic mass is 9.85. The van der Waals surface area contributed by atoms with Crippen LogP contribution in [0, 0.1) is 5.92 Å². The van der Waals surface area contributed by atoms with Crippen LogP contribution in [0.2, 0.25) is 0 Å². The van der Waals surface area contributed by atoms with Gasteiger partial charge in [-0.15, -0.1) is 11.3 Å². The fourth-order valence-corrected chi connectivity index (χ4v) is 3.67. The molecule has 1 heterocycles. The average molecular weight is 312 g/mol. The van der Waals surface area contributed by atoms with Crippen LogP contribution < -0.4 is 15.4 Å². The third-order valence-corrected chi connectivity index (χ3v) is 5.15. The van der Waals surface area contributed by atoms with E-state index < -0.39 is 0 Å². The van der Waals surface area contributed by atoms with Gasteiger partial charge in [-0.2, -0.15) is 0 Å². The number of nitrogen functional groups attached to an aromatic ring is 1. The zero-order valence-electron chi connectivity index (χ0n) is 13.0. The molecule has 1 aromatic rings. The van der Waals surface area contributed by atoms with E-state index in [1.54, 1.807) is 14.0 Å². The lowest BCUT2D eigenvalue weighted by Crippen LogP contribution is -2.32. The molecule has 1 aliphatic carbocycles. The van der Waals surface area contributed by atoms with E-state index >= 15 is 0 Å². The second-order valence-corrected chi connectivity index (χ2v) is 6.24. The molecule has 1 aromatic heterocycles. The van der Waals surface area contributed by atoms with Gasteiger partial charge in [0.05, 0.1) is 13.7 Å². The van der Waals surface area contributed by atoms with Gasteiger partial charge in [0.1, 0.15) is 15.6 Å². The number of methoxy groups -OCH3 is 1. The van der Waals surface area contributed by atoms with Crippen molar-refractivity contribution in [3.8, 4) is 5.75 Å². The molecule has 21 heavy (non-hydrogen) atoms. The van der Waals surface area contributed by atoms with Crippen LogP contribution in [-0.4, -0.2) is 32.8 Å². The van der Waals surface area contributed by atoms with Crippen molar-refractivity contribution in [3.63, 3.8) is 0 Å². The van der Waals surface area contributed by atoms with E-state index in [0.717, 1.165) is 24.0 Å². The van der Waals surface area contributed by atoms with Gasteiger partial charge in [0.2, 0.25) is 0 Å². The van der Waals surface area contributed by atoms with Crippen molar-refractivity contribution in [2.75, 3.05) is 37.4 Å². The highest BCUT2D eigenvalue weighted by Crippen LogP contribution is 2.45. The Labute approximate surface area is 130 Å². The third-order valence-electron chi connectivity index (χ3n) is 3.92. The van der Waals surface area contributed by atoms with Gasteiger partial charge in [-0.1, -0.05) is 6.42 Å². The summed E-state index contributed by atoms with van der Waals surface area (Å²) in [5.41, 5.74) is 6.47. The second kappa shape index (κ2) is 7.02. The average Bonchev–Trinajstić information content (AvgIpc) is 2.75. The molecule has 0 saturated heterocycles. The van der Waals surface area contributed by atoms with Crippen LogP contribution in [0.15, 0.2) is 0 Å². The molecule has 0 aliphatic heterocycles. The Kier molecular flexibility index (Phi) is 5.33. The highest BCUT2D eigenvalue weighted by atomic mass is 32.1. The summed E-state index contributed by atoms with van der Waals surface area (Å²) in [5.74, 6) is 0.970. The van der Waals surface area contributed by atoms with Crippen LogP contribution >= 0.6 is 11.3 Å². The molecule has 6 heteroatoms. The van der Waals surface area contributed by atoms with Crippen molar-refractivity contribution in [3.05, 3.63) is 4.88 Å². The van der Waals surface area contributed by atoms with E-state index in [4.69, 9.17) is 15.2 Å². The topological polar surface area (TPSA) is 64.8 Å². The summed E-state index contributed by atoms with van der Waals surface area (Å²) in [6.07, 6.45) is 3.88. The predicted octanol–water partition coefficient (Wildman–Crippen LogP) is 3.14. The Bertz CT molecular complexity index is 497. The SMILES string of the molecule is CCOC(=O)c1sc(N(CC)CC2CCC2)c(OC)c1N. The van der Waals surface area contributed by atoms with Crippen molar-refractivity contribution in [2.24, 2.45) is 5.92 Å². The van der Waals surface area contributed by atoms with E-state index in [0.29, 0.717) is 22.9 Å². The molecule has 0 amide bonds. The van der Waals surface area contributed by atoms with Crippen molar-refractivity contribution in [2.45, 2.75) is 33.1 Å². The van der Waals surface area contributed by atoms with Gasteiger partial charge >= 0.3 is 5.97 Å². The molecule has 1 saturated carbocycles. The number of anilines is 2. The van der Waals surface area contributed by atoms with Crippen molar-refractivity contribution in [1.82, 2.24) is 0 Å². The third kappa shape index (κ3) is 3.26. The predicted molar refractivity (Wildman–Crippen MR) is 86.5 cm³/mol. The van der Waals surface area contributed by atoms with Crippen molar-refractivity contribution >= 4 is 28.0 Å². The van der Waals surface area contributed by atoms with Crippen LogP contribution in [0.4, 0.5) is 10.7 Å². The molecule has 0 radical (unpaired) electrons. The summed E-state index contributed by atoms with van der Waals surface area (Å²) in [4.78, 5) is 14.7. The number of hydrogen-bond donors (Lipinski definition) is 1. The summed E-state index contributed by atoms with van der Waals surface area (Å²) in [6, 6.07) is 0. The van der Waals surface area contributed by atoms with Crippen molar-refractivity contribution in [1.29, 1.82) is 0 Å². The van der Waals surface area contributed by atoms with Gasteiger partial charge in [0.25, 0.3) is 0 Å². The second-order valence-electron chi connectivity index (χ2n) is 5.24. The molecule has 0 atom stereocenters. The number of ether oxygens (including phenoxy) is 2. The summed E-state index contributed by atoms with van der Waals surface area (Å²) in [7, 11) is 1.59. The molecule has 118 valence electrons. The largest absolute Gasteiger partial charge is 0.492 e. The smallest absolute Gasteiger partial charge is 0.350 e. The number of hydrogen-bond acceptors (Lipinski definition) is 6. The fourth-order valence-electron chi connectivity index (χ4n) is 2.51. The quantitative estimate of drug-likeness (QED) is 0.784. The minimum Gasteiger partial charge on any atom is -0.492 e. The molecule has 5 nitrogen and oxygen atoms in total. The standard InChI is InChI=1S/C15H24N2O3S/c1-4-17(9-10-7-6-8-10)14-12(19-3)11(16)13(21-14)15(18)20-5-2/h10H,4-9,16H2,1-3H3. The number of carbonyl (C=O) groups excluding carboxylic acids is 1. The van der Waals surface area contributed by atoms with E-state index in [-0.39, 0.29) is 5.97 Å². The van der Waals surface area contributed by atoms with Gasteiger partial charge in [0.15, 0.2) is 5.75 Å². The van der Waals surface area contributed by atoms with E-state index in [9.17, 15) is 4.79 Å². The number of carbonyl (C=O) groups is 1. The van der Waals surface area contributed by atoms with Crippen LogP contribution in [0.25, 0.3) is 0 Å². The van der Waals surface area contributed by atoms with Gasteiger partial charge in [-0.25, -0.2) is 4.79 Å². The normalized spacial score (nSPS) is 14.6. The Morgan fingerprint density at radius 1 is 1.43 bits per heavy atom. The van der Waals surface area contributed by atoms with E-state index in [2.05, 4.69) is 11.8 Å². The maximum Gasteiger partial charge on any atom is 0.350 e. The maximum atomic E-state index is 12.0. The molecule has 0 unspecified atom stereocenters. The van der Waals surface area contributed by atoms with Gasteiger partial charge in [0, 0.05) is 13.1 Å². The zero-order chi connectivity index (χ0) is 15.4. The zero-order valence-corrected chi connectivity index (χ0v) is 13.8. The first-order valence-electron chi connectivity index (χ1n) is 7.50. The molecule has 2 rings (SSSR count). The first-order valence-corrected chi connectivity index (χ1v) is 8.32. The van der Waals surface area contributed by atoms with Crippen LogP contribution in [0.1, 0.15) is 42.8 Å². The van der Waals surface area contributed by atoms with Crippen molar-refractivity contribution < 1.29 is 14.3 Å². The lowest BCUT2D eigenvalue weighted by Gasteiger charge is -2.32. The highest BCUT2D eigenvalue weighted by molar-refractivity contribution is 7.19. The monoisotopic (exact) mass is 312 g/mol. The Hall–Kier alpha value is -1.43. The van der Waals surface area contributed by atoms with Crippen LogP contribution in [-0.2, 0) is 4.74 Å². The number of esters is 1. The number of rotatable bonds is 7. The maximum absolute atomic E-state index is 12.0. The minimum absolute atomic E-state index is 0.341. The molecule has 1 fully saturated rings. The molecular weight excluding hydrogens is 288 g/mol. The summed E-state index contributed by atoms with van der Waals surface area (Å²) in [5, 5.41) is 0.937. The molecule has 2 N–H and O–H groups in total. The summed E-state index contributed by atoms with van der Waals surface area (Å²) >= 11 is 1.37. The Morgan fingerprint density at radius 2 is 2.14 bits per heavy atom. The highest BCUT2D eigenvalue weighted by Gasteiger charge is 2.28. The van der Waals surface area contributed by atoms with E-state index in [1.165, 1.54) is 30.6 Å². The van der Waals surface area contributed by atoms with Gasteiger partial charge < -0.3 is 20.1 Å². The number of nitrogens with zero attached hydrogens (tertiary/aromatic N) is 1. The fraction of sp³-hybridized carbons (Fsp3) is 0.667. The first kappa shape index (κ1) is 15.9. The first-order chi connectivity index (χ1) is 10.1. The minimum atomic E-state index is -0.371. The van der Waals surface area contributed by atoms with E-state index in [1.807, 2.05) is 0 Å². The Morgan fingerprint density at radius 3 is 2.62 bits per heavy atom. The molecule has 0 bridgehead atoms. The molecule has 0 spiro atoms. The molecule has 1 aliphatic rings. The summed E-state index contributed by atoms with van der Waals surface area (Å²) < 4.78 is 10.5. The Balaban J connectivity index is 2.27. The molecule has 0 aromatic carbocycles. The van der Waals surface area contributed by atoms with Crippen LogP contribution in [0.3, 0.4) is 0 Å². The van der Waals surface area contributed by atoms with Crippen LogP contribution in [0.5, 0.6) is 5.75 Å². The summed E-state index contributed by atoms with van der Waals surface area (Å²) in [6.45, 7) is 6.10. The van der Waals surface area contributed by atoms with Gasteiger partial charge in [-0.3, -0.25) is 0 Å². The van der Waals surface area contributed by atoms with Gasteiger partial charge in [-0.05, 0) is 32.6 Å². The molecular formula is C15H24N2O3S.